The Morgan fingerprint density at radius 2 is 1.56 bits per heavy atom. The minimum atomic E-state index is -3.88. The zero-order valence-corrected chi connectivity index (χ0v) is 23.5. The van der Waals surface area contributed by atoms with Crippen LogP contribution in [0, 0.1) is 0 Å². The van der Waals surface area contributed by atoms with Crippen LogP contribution in [0.3, 0.4) is 0 Å². The van der Waals surface area contributed by atoms with Gasteiger partial charge in [-0.15, -0.1) is 0 Å². The Morgan fingerprint density at radius 1 is 0.923 bits per heavy atom. The number of methoxy groups -OCH3 is 1. The lowest BCUT2D eigenvalue weighted by molar-refractivity contribution is -0.123. The maximum atomic E-state index is 12.7. The van der Waals surface area contributed by atoms with Crippen LogP contribution >= 0.6 is 11.6 Å². The molecule has 0 saturated carbocycles. The predicted molar refractivity (Wildman–Crippen MR) is 147 cm³/mol. The summed E-state index contributed by atoms with van der Waals surface area (Å²) in [5, 5.41) is 2.97. The van der Waals surface area contributed by atoms with Crippen LogP contribution in [-0.4, -0.2) is 53.9 Å². The molecule has 13 heteroatoms. The quantitative estimate of drug-likeness (QED) is 0.347. The second-order valence-electron chi connectivity index (χ2n) is 8.75. The third kappa shape index (κ3) is 7.21. The highest BCUT2D eigenvalue weighted by atomic mass is 35.5. The van der Waals surface area contributed by atoms with Gasteiger partial charge in [0.2, 0.25) is 10.0 Å². The largest absolute Gasteiger partial charge is 0.495 e. The normalized spacial score (nSPS) is 14.1. The van der Waals surface area contributed by atoms with Gasteiger partial charge in [0.1, 0.15) is 11.5 Å². The van der Waals surface area contributed by atoms with Crippen LogP contribution in [0.4, 0.5) is 5.69 Å². The van der Waals surface area contributed by atoms with Crippen LogP contribution in [0.5, 0.6) is 11.5 Å². The summed E-state index contributed by atoms with van der Waals surface area (Å²) in [5.41, 5.74) is 1.02. The lowest BCUT2D eigenvalue weighted by Crippen LogP contribution is -2.29. The van der Waals surface area contributed by atoms with E-state index < -0.39 is 26.0 Å². The van der Waals surface area contributed by atoms with E-state index in [9.17, 15) is 21.6 Å². The third-order valence-electron chi connectivity index (χ3n) is 6.02. The molecule has 0 atom stereocenters. The summed E-state index contributed by atoms with van der Waals surface area (Å²) in [6.45, 7) is 0.990. The number of halogens is 1. The van der Waals surface area contributed by atoms with Crippen LogP contribution in [0.1, 0.15) is 18.4 Å². The Hall–Kier alpha value is -3.32. The second kappa shape index (κ2) is 12.2. The predicted octanol–water partition coefficient (Wildman–Crippen LogP) is 3.63. The number of carbonyl (C=O) groups is 1. The molecule has 0 radical (unpaired) electrons. The van der Waals surface area contributed by atoms with Gasteiger partial charge >= 0.3 is 0 Å². The SMILES string of the molecule is COc1ccc(NS(=O)(=O)c2ccc(OCC(=O)NCc3ccc(S(=O)(=O)N4CCCC4)cc3)cc2)cc1Cl. The first kappa shape index (κ1) is 28.7. The van der Waals surface area contributed by atoms with Gasteiger partial charge in [-0.3, -0.25) is 9.52 Å². The highest BCUT2D eigenvalue weighted by molar-refractivity contribution is 7.92. The zero-order valence-electron chi connectivity index (χ0n) is 21.1. The summed E-state index contributed by atoms with van der Waals surface area (Å²) in [6.07, 6.45) is 1.73. The van der Waals surface area contributed by atoms with Crippen molar-refractivity contribution < 1.29 is 31.1 Å². The van der Waals surface area contributed by atoms with E-state index >= 15 is 0 Å². The molecule has 1 aliphatic heterocycles. The summed E-state index contributed by atoms with van der Waals surface area (Å²) in [5.74, 6) is 0.345. The summed E-state index contributed by atoms with van der Waals surface area (Å²) < 4.78 is 65.1. The van der Waals surface area contributed by atoms with Crippen molar-refractivity contribution in [3.8, 4) is 11.5 Å². The van der Waals surface area contributed by atoms with Crippen LogP contribution in [0.2, 0.25) is 5.02 Å². The lowest BCUT2D eigenvalue weighted by Gasteiger charge is -2.15. The molecule has 0 bridgehead atoms. The van der Waals surface area contributed by atoms with E-state index in [2.05, 4.69) is 10.0 Å². The number of carbonyl (C=O) groups excluding carboxylic acids is 1. The van der Waals surface area contributed by atoms with Crippen molar-refractivity contribution in [3.05, 3.63) is 77.3 Å². The van der Waals surface area contributed by atoms with E-state index in [0.29, 0.717) is 24.6 Å². The zero-order chi connectivity index (χ0) is 28.0. The molecule has 0 aromatic heterocycles. The molecule has 10 nitrogen and oxygen atoms in total. The maximum Gasteiger partial charge on any atom is 0.261 e. The lowest BCUT2D eigenvalue weighted by atomic mass is 10.2. The maximum absolute atomic E-state index is 12.7. The molecule has 1 amide bonds. The first-order valence-corrected chi connectivity index (χ1v) is 15.3. The van der Waals surface area contributed by atoms with Crippen molar-refractivity contribution in [1.82, 2.24) is 9.62 Å². The fraction of sp³-hybridized carbons (Fsp3) is 0.269. The van der Waals surface area contributed by atoms with E-state index in [1.807, 2.05) is 0 Å². The highest BCUT2D eigenvalue weighted by Gasteiger charge is 2.26. The van der Waals surface area contributed by atoms with Crippen molar-refractivity contribution in [3.63, 3.8) is 0 Å². The fourth-order valence-electron chi connectivity index (χ4n) is 3.92. The van der Waals surface area contributed by atoms with Crippen LogP contribution in [-0.2, 0) is 31.4 Å². The van der Waals surface area contributed by atoms with Gasteiger partial charge in [-0.1, -0.05) is 23.7 Å². The topological polar surface area (TPSA) is 131 Å². The van der Waals surface area contributed by atoms with Crippen LogP contribution in [0.25, 0.3) is 0 Å². The number of anilines is 1. The second-order valence-corrected chi connectivity index (χ2v) is 12.8. The molecule has 208 valence electrons. The number of sulfonamides is 2. The minimum absolute atomic E-state index is 0.00133. The van der Waals surface area contributed by atoms with Gasteiger partial charge in [-0.2, -0.15) is 4.31 Å². The molecular weight excluding hydrogens is 566 g/mol. The third-order valence-corrected chi connectivity index (χ3v) is 9.63. The number of benzene rings is 3. The van der Waals surface area contributed by atoms with Crippen molar-refractivity contribution in [2.45, 2.75) is 29.2 Å². The number of amides is 1. The average molecular weight is 594 g/mol. The number of rotatable bonds is 11. The van der Waals surface area contributed by atoms with Crippen molar-refractivity contribution in [1.29, 1.82) is 0 Å². The average Bonchev–Trinajstić information content (AvgIpc) is 3.47. The first-order valence-electron chi connectivity index (χ1n) is 12.0. The first-order chi connectivity index (χ1) is 18.6. The Kier molecular flexibility index (Phi) is 9.01. The van der Waals surface area contributed by atoms with Crippen molar-refractivity contribution >= 4 is 43.2 Å². The van der Waals surface area contributed by atoms with E-state index in [1.54, 1.807) is 30.3 Å². The smallest absolute Gasteiger partial charge is 0.261 e. The summed E-state index contributed by atoms with van der Waals surface area (Å²) in [6, 6.07) is 16.5. The monoisotopic (exact) mass is 593 g/mol. The number of hydrogen-bond acceptors (Lipinski definition) is 7. The summed E-state index contributed by atoms with van der Waals surface area (Å²) in [7, 11) is -5.90. The molecule has 2 N–H and O–H groups in total. The number of nitrogens with one attached hydrogen (secondary N) is 2. The molecule has 3 aromatic carbocycles. The minimum Gasteiger partial charge on any atom is -0.495 e. The molecule has 4 rings (SSSR count). The van der Waals surface area contributed by atoms with Gasteiger partial charge in [0.15, 0.2) is 6.61 Å². The van der Waals surface area contributed by atoms with E-state index in [0.717, 1.165) is 18.4 Å². The number of ether oxygens (including phenoxy) is 2. The molecule has 39 heavy (non-hydrogen) atoms. The molecular formula is C26H28ClN3O7S2. The number of hydrogen-bond donors (Lipinski definition) is 2. The molecule has 0 spiro atoms. The molecule has 1 fully saturated rings. The van der Waals surface area contributed by atoms with Gasteiger partial charge in [-0.05, 0) is 73.0 Å². The Labute approximate surface area is 233 Å². The molecule has 1 saturated heterocycles. The summed E-state index contributed by atoms with van der Waals surface area (Å²) >= 11 is 6.05. The molecule has 1 aliphatic rings. The van der Waals surface area contributed by atoms with Crippen LogP contribution in [0.15, 0.2) is 76.5 Å². The van der Waals surface area contributed by atoms with Crippen molar-refractivity contribution in [2.24, 2.45) is 0 Å². The van der Waals surface area contributed by atoms with Gasteiger partial charge in [0.25, 0.3) is 15.9 Å². The molecule has 0 aliphatic carbocycles. The van der Waals surface area contributed by atoms with E-state index in [1.165, 1.54) is 47.8 Å². The fourth-order valence-corrected chi connectivity index (χ4v) is 6.74. The molecule has 3 aromatic rings. The Bertz CT molecular complexity index is 1520. The Balaban J connectivity index is 1.26. The van der Waals surface area contributed by atoms with Gasteiger partial charge in [0, 0.05) is 19.6 Å². The van der Waals surface area contributed by atoms with Gasteiger partial charge in [-0.25, -0.2) is 16.8 Å². The molecule has 0 unspecified atom stereocenters. The van der Waals surface area contributed by atoms with Gasteiger partial charge in [0.05, 0.1) is 27.6 Å². The standard InChI is InChI=1S/C26H28ClN3O7S2/c1-36-25-13-6-20(16-24(25)27)29-38(32,33)22-11-7-21(8-12-22)37-18-26(31)28-17-19-4-9-23(10-5-19)39(34,35)30-14-2-3-15-30/h4-13,16,29H,2-3,14-15,17-18H2,1H3,(H,28,31). The van der Waals surface area contributed by atoms with E-state index in [-0.39, 0.29) is 33.7 Å². The van der Waals surface area contributed by atoms with Crippen molar-refractivity contribution in [2.75, 3.05) is 31.5 Å². The summed E-state index contributed by atoms with van der Waals surface area (Å²) in [4.78, 5) is 12.5. The Morgan fingerprint density at radius 3 is 2.18 bits per heavy atom. The molecule has 1 heterocycles. The van der Waals surface area contributed by atoms with Gasteiger partial charge < -0.3 is 14.8 Å². The highest BCUT2D eigenvalue weighted by Crippen LogP contribution is 2.28. The van der Waals surface area contributed by atoms with Crippen LogP contribution < -0.4 is 19.5 Å². The number of nitrogens with zero attached hydrogens (tertiary/aromatic N) is 1. The van der Waals surface area contributed by atoms with E-state index in [4.69, 9.17) is 21.1 Å².